The highest BCUT2D eigenvalue weighted by Gasteiger charge is 2.34. The predicted molar refractivity (Wildman–Crippen MR) is 93.7 cm³/mol. The quantitative estimate of drug-likeness (QED) is 0.535. The van der Waals surface area contributed by atoms with Crippen molar-refractivity contribution in [2.45, 2.75) is 63.8 Å². The van der Waals surface area contributed by atoms with Crippen molar-refractivity contribution in [1.82, 2.24) is 0 Å². The molecule has 1 aromatic rings. The molecule has 0 saturated heterocycles. The highest BCUT2D eigenvalue weighted by Crippen LogP contribution is 2.36. The van der Waals surface area contributed by atoms with E-state index in [9.17, 15) is 21.6 Å². The smallest absolute Gasteiger partial charge is 0.419 e. The summed E-state index contributed by atoms with van der Waals surface area (Å²) in [7, 11) is -1.73. The number of unbranched alkanes of at least 4 members (excludes halogenated alkanes) is 4. The molecule has 0 amide bonds. The largest absolute Gasteiger partial charge is 0.496 e. The second-order valence-electron chi connectivity index (χ2n) is 6.47. The molecule has 0 aromatic heterocycles. The lowest BCUT2D eigenvalue weighted by Crippen LogP contribution is -2.17. The van der Waals surface area contributed by atoms with Crippen LogP contribution in [-0.4, -0.2) is 26.5 Å². The van der Waals surface area contributed by atoms with Crippen LogP contribution in [0.5, 0.6) is 5.75 Å². The van der Waals surface area contributed by atoms with Gasteiger partial charge >= 0.3 is 6.18 Å². The molecule has 3 nitrogen and oxygen atoms in total. The summed E-state index contributed by atoms with van der Waals surface area (Å²) in [5.74, 6) is 0.0738. The van der Waals surface area contributed by atoms with E-state index in [4.69, 9.17) is 4.74 Å². The number of benzene rings is 1. The van der Waals surface area contributed by atoms with Crippen LogP contribution in [0.25, 0.3) is 0 Å². The number of sulfone groups is 1. The summed E-state index contributed by atoms with van der Waals surface area (Å²) < 4.78 is 66.6. The standard InChI is InChI=1S/C18H27F3O3S/c1-14(2)25(22,23)12-8-6-4-5-7-9-15-10-11-16(18(19,20)21)17(13-15)24-3/h10-11,13-14H,4-9,12H2,1-3H3. The first-order valence-corrected chi connectivity index (χ1v) is 10.2. The maximum atomic E-state index is 12.8. The Labute approximate surface area is 148 Å². The molecule has 0 N–H and O–H groups in total. The van der Waals surface area contributed by atoms with Crippen molar-refractivity contribution < 1.29 is 26.3 Å². The lowest BCUT2D eigenvalue weighted by Gasteiger charge is -2.13. The highest BCUT2D eigenvalue weighted by atomic mass is 32.2. The molecule has 1 aromatic carbocycles. The maximum Gasteiger partial charge on any atom is 0.419 e. The molecule has 7 heteroatoms. The van der Waals surface area contributed by atoms with Gasteiger partial charge in [0.1, 0.15) is 5.75 Å². The van der Waals surface area contributed by atoms with Crippen LogP contribution in [0.1, 0.15) is 57.1 Å². The van der Waals surface area contributed by atoms with Gasteiger partial charge in [-0.15, -0.1) is 0 Å². The molecule has 0 unspecified atom stereocenters. The molecule has 0 aliphatic heterocycles. The first-order chi connectivity index (χ1) is 11.6. The van der Waals surface area contributed by atoms with Crippen molar-refractivity contribution in [3.8, 4) is 5.75 Å². The van der Waals surface area contributed by atoms with Crippen LogP contribution in [0.15, 0.2) is 18.2 Å². The van der Waals surface area contributed by atoms with Crippen LogP contribution in [0.2, 0.25) is 0 Å². The van der Waals surface area contributed by atoms with E-state index in [1.807, 2.05) is 0 Å². The Morgan fingerprint density at radius 3 is 2.20 bits per heavy atom. The molecular weight excluding hydrogens is 353 g/mol. The number of alkyl halides is 3. The molecule has 0 atom stereocenters. The fourth-order valence-corrected chi connectivity index (χ4v) is 3.60. The van der Waals surface area contributed by atoms with Gasteiger partial charge in [0.15, 0.2) is 9.84 Å². The monoisotopic (exact) mass is 380 g/mol. The summed E-state index contributed by atoms with van der Waals surface area (Å²) in [4.78, 5) is 0. The van der Waals surface area contributed by atoms with E-state index in [1.165, 1.54) is 19.2 Å². The third kappa shape index (κ3) is 7.26. The van der Waals surface area contributed by atoms with E-state index >= 15 is 0 Å². The molecule has 0 bridgehead atoms. The first kappa shape index (κ1) is 21.8. The van der Waals surface area contributed by atoms with Crippen molar-refractivity contribution in [1.29, 1.82) is 0 Å². The summed E-state index contributed by atoms with van der Waals surface area (Å²) >= 11 is 0. The van der Waals surface area contributed by atoms with E-state index < -0.39 is 21.6 Å². The van der Waals surface area contributed by atoms with E-state index in [-0.39, 0.29) is 16.8 Å². The maximum absolute atomic E-state index is 12.8. The van der Waals surface area contributed by atoms with E-state index in [1.54, 1.807) is 13.8 Å². The van der Waals surface area contributed by atoms with Crippen molar-refractivity contribution >= 4 is 9.84 Å². The minimum Gasteiger partial charge on any atom is -0.496 e. The van der Waals surface area contributed by atoms with Gasteiger partial charge in [-0.1, -0.05) is 25.3 Å². The van der Waals surface area contributed by atoms with E-state index in [0.717, 1.165) is 37.3 Å². The molecule has 0 saturated carbocycles. The highest BCUT2D eigenvalue weighted by molar-refractivity contribution is 7.91. The number of aryl methyl sites for hydroxylation is 1. The van der Waals surface area contributed by atoms with Gasteiger partial charge in [-0.3, -0.25) is 0 Å². The molecule has 25 heavy (non-hydrogen) atoms. The number of halogens is 3. The van der Waals surface area contributed by atoms with Gasteiger partial charge < -0.3 is 4.74 Å². The fourth-order valence-electron chi connectivity index (χ4n) is 2.52. The number of methoxy groups -OCH3 is 1. The van der Waals surface area contributed by atoms with Crippen LogP contribution in [0, 0.1) is 0 Å². The third-order valence-electron chi connectivity index (χ3n) is 4.18. The van der Waals surface area contributed by atoms with E-state index in [0.29, 0.717) is 12.8 Å². The SMILES string of the molecule is COc1cc(CCCCCCCS(=O)(=O)C(C)C)ccc1C(F)(F)F. The third-order valence-corrected chi connectivity index (χ3v) is 6.48. The topological polar surface area (TPSA) is 43.4 Å². The van der Waals surface area contributed by atoms with Crippen LogP contribution in [-0.2, 0) is 22.4 Å². The Morgan fingerprint density at radius 2 is 1.64 bits per heavy atom. The molecule has 0 aliphatic carbocycles. The summed E-state index contributed by atoms with van der Waals surface area (Å²) in [6.45, 7) is 3.38. The normalized spacial score (nSPS) is 12.6. The average molecular weight is 380 g/mol. The van der Waals surface area contributed by atoms with Crippen LogP contribution < -0.4 is 4.74 Å². The van der Waals surface area contributed by atoms with Crippen molar-refractivity contribution in [3.63, 3.8) is 0 Å². The van der Waals surface area contributed by atoms with E-state index in [2.05, 4.69) is 0 Å². The van der Waals surface area contributed by atoms with Crippen molar-refractivity contribution in [2.24, 2.45) is 0 Å². The lowest BCUT2D eigenvalue weighted by molar-refractivity contribution is -0.138. The van der Waals surface area contributed by atoms with Gasteiger partial charge in [-0.25, -0.2) is 8.42 Å². The van der Waals surface area contributed by atoms with Gasteiger partial charge in [-0.05, 0) is 50.8 Å². The summed E-state index contributed by atoms with van der Waals surface area (Å²) in [5.41, 5.74) is 0.0531. The molecule has 0 spiro atoms. The van der Waals surface area contributed by atoms with Gasteiger partial charge in [0, 0.05) is 0 Å². The van der Waals surface area contributed by atoms with Crippen LogP contribution in [0.3, 0.4) is 0 Å². The molecule has 0 fully saturated rings. The Balaban J connectivity index is 2.35. The summed E-state index contributed by atoms with van der Waals surface area (Å²) in [5, 5.41) is -0.331. The molecule has 144 valence electrons. The predicted octanol–water partition coefficient (Wildman–Crippen LogP) is 5.03. The van der Waals surface area contributed by atoms with Crippen LogP contribution >= 0.6 is 0 Å². The van der Waals surface area contributed by atoms with Gasteiger partial charge in [0.05, 0.1) is 23.7 Å². The Kier molecular flexibility index (Phi) is 8.25. The van der Waals surface area contributed by atoms with Crippen molar-refractivity contribution in [2.75, 3.05) is 12.9 Å². The second kappa shape index (κ2) is 9.46. The zero-order valence-electron chi connectivity index (χ0n) is 15.0. The molecule has 0 radical (unpaired) electrons. The second-order valence-corrected chi connectivity index (χ2v) is 9.14. The number of hydrogen-bond acceptors (Lipinski definition) is 3. The summed E-state index contributed by atoms with van der Waals surface area (Å²) in [6.07, 6.45) is 0.470. The number of hydrogen-bond donors (Lipinski definition) is 0. The minimum atomic E-state index is -4.42. The van der Waals surface area contributed by atoms with Gasteiger partial charge in [-0.2, -0.15) is 13.2 Å². The Morgan fingerprint density at radius 1 is 1.04 bits per heavy atom. The molecule has 1 rings (SSSR count). The first-order valence-electron chi connectivity index (χ1n) is 8.53. The van der Waals surface area contributed by atoms with Crippen LogP contribution in [0.4, 0.5) is 13.2 Å². The zero-order chi connectivity index (χ0) is 19.1. The zero-order valence-corrected chi connectivity index (χ0v) is 15.8. The fraction of sp³-hybridized carbons (Fsp3) is 0.667. The average Bonchev–Trinajstić information content (AvgIpc) is 2.52. The molecule has 0 heterocycles. The minimum absolute atomic E-state index is 0.149. The lowest BCUT2D eigenvalue weighted by atomic mass is 10.0. The summed E-state index contributed by atoms with van der Waals surface area (Å²) in [6, 6.07) is 3.99. The Bertz CT molecular complexity index is 637. The molecule has 0 aliphatic rings. The molecular formula is C18H27F3O3S. The van der Waals surface area contributed by atoms with Gasteiger partial charge in [0.25, 0.3) is 0 Å². The van der Waals surface area contributed by atoms with Gasteiger partial charge in [0.2, 0.25) is 0 Å². The Hall–Kier alpha value is -1.24. The number of ether oxygens (including phenoxy) is 1. The number of rotatable bonds is 10. The van der Waals surface area contributed by atoms with Crippen molar-refractivity contribution in [3.05, 3.63) is 29.3 Å².